The molecule has 2 aromatic carbocycles. The molecule has 150 valence electrons. The van der Waals surface area contributed by atoms with Crippen molar-refractivity contribution in [3.8, 4) is 22.6 Å². The summed E-state index contributed by atoms with van der Waals surface area (Å²) in [4.78, 5) is 13.3. The maximum absolute atomic E-state index is 13.1. The van der Waals surface area contributed by atoms with Crippen LogP contribution in [0.3, 0.4) is 0 Å². The Morgan fingerprint density at radius 1 is 1.23 bits per heavy atom. The number of rotatable bonds is 6. The van der Waals surface area contributed by atoms with E-state index in [0.717, 1.165) is 16.7 Å². The van der Waals surface area contributed by atoms with Gasteiger partial charge in [0.2, 0.25) is 5.82 Å². The summed E-state index contributed by atoms with van der Waals surface area (Å²) in [6.45, 7) is 1.82. The maximum atomic E-state index is 13.1. The second-order valence-electron chi connectivity index (χ2n) is 6.46. The summed E-state index contributed by atoms with van der Waals surface area (Å²) < 4.78 is 13.1. The van der Waals surface area contributed by atoms with Gasteiger partial charge in [-0.15, -0.1) is 10.2 Å². The van der Waals surface area contributed by atoms with Gasteiger partial charge < -0.3 is 0 Å². The fraction of sp³-hybridized carbons (Fsp3) is 0.100. The van der Waals surface area contributed by atoms with Crippen LogP contribution in [0, 0.1) is 12.7 Å². The van der Waals surface area contributed by atoms with E-state index < -0.39 is 5.91 Å². The van der Waals surface area contributed by atoms with Gasteiger partial charge in [-0.1, -0.05) is 24.3 Å². The van der Waals surface area contributed by atoms with Crippen LogP contribution < -0.4 is 5.43 Å². The molecule has 2 aromatic heterocycles. The number of aromatic amines is 1. The predicted octanol–water partition coefficient (Wildman–Crippen LogP) is 2.33. The number of amides is 1. The Hall–Kier alpha value is -4.21. The van der Waals surface area contributed by atoms with E-state index in [4.69, 9.17) is 0 Å². The molecule has 2 heterocycles. The minimum atomic E-state index is -0.410. The lowest BCUT2D eigenvalue weighted by Crippen LogP contribution is -2.24. The molecule has 2 N–H and O–H groups in total. The van der Waals surface area contributed by atoms with Gasteiger partial charge in [-0.3, -0.25) is 9.89 Å². The summed E-state index contributed by atoms with van der Waals surface area (Å²) in [6.07, 6.45) is 3.01. The Balaban J connectivity index is 1.38. The molecule has 0 aliphatic heterocycles. The van der Waals surface area contributed by atoms with Crippen molar-refractivity contribution >= 4 is 12.1 Å². The zero-order chi connectivity index (χ0) is 20.9. The lowest BCUT2D eigenvalue weighted by Gasteiger charge is -2.00. The first-order valence-corrected chi connectivity index (χ1v) is 9.05. The number of hydrogen-bond acceptors (Lipinski definition) is 6. The van der Waals surface area contributed by atoms with Crippen LogP contribution in [0.1, 0.15) is 11.1 Å². The number of aromatic nitrogens is 6. The zero-order valence-electron chi connectivity index (χ0n) is 16.0. The van der Waals surface area contributed by atoms with Crippen LogP contribution in [0.5, 0.6) is 0 Å². The predicted molar refractivity (Wildman–Crippen MR) is 108 cm³/mol. The standard InChI is InChI=1S/C20H17FN8O/c1-13-4-2-3-5-17(13)20-26-28-29(27-20)12-18(30)24-22-10-15-11-23-25-19(15)14-6-8-16(21)9-7-14/h2-11H,12H2,1H3,(H,23,25)(H,24,30). The highest BCUT2D eigenvalue weighted by Gasteiger charge is 2.11. The van der Waals surface area contributed by atoms with Crippen LogP contribution in [0.2, 0.25) is 0 Å². The van der Waals surface area contributed by atoms with Gasteiger partial charge in [0.05, 0.1) is 18.1 Å². The van der Waals surface area contributed by atoms with E-state index in [9.17, 15) is 9.18 Å². The molecule has 10 heteroatoms. The number of H-pyrrole nitrogens is 1. The van der Waals surface area contributed by atoms with Gasteiger partial charge in [0.25, 0.3) is 5.91 Å². The van der Waals surface area contributed by atoms with Gasteiger partial charge in [0, 0.05) is 16.7 Å². The summed E-state index contributed by atoms with van der Waals surface area (Å²) in [6, 6.07) is 13.6. The van der Waals surface area contributed by atoms with Gasteiger partial charge >= 0.3 is 0 Å². The lowest BCUT2D eigenvalue weighted by atomic mass is 10.1. The van der Waals surface area contributed by atoms with E-state index >= 15 is 0 Å². The molecule has 0 aliphatic carbocycles. The molecule has 0 aliphatic rings. The zero-order valence-corrected chi connectivity index (χ0v) is 16.0. The maximum Gasteiger partial charge on any atom is 0.263 e. The Labute approximate surface area is 170 Å². The number of carbonyl (C=O) groups excluding carboxylic acids is 1. The Morgan fingerprint density at radius 2 is 2.03 bits per heavy atom. The van der Waals surface area contributed by atoms with Gasteiger partial charge in [-0.2, -0.15) is 15.0 Å². The summed E-state index contributed by atoms with van der Waals surface area (Å²) in [5.41, 5.74) is 6.34. The third kappa shape index (κ3) is 4.27. The van der Waals surface area contributed by atoms with Crippen molar-refractivity contribution in [2.45, 2.75) is 13.5 Å². The molecule has 0 saturated carbocycles. The largest absolute Gasteiger partial charge is 0.277 e. The van der Waals surface area contributed by atoms with Crippen molar-refractivity contribution in [2.24, 2.45) is 5.10 Å². The molecule has 0 saturated heterocycles. The van der Waals surface area contributed by atoms with Crippen molar-refractivity contribution in [2.75, 3.05) is 0 Å². The lowest BCUT2D eigenvalue weighted by molar-refractivity contribution is -0.122. The number of benzene rings is 2. The Morgan fingerprint density at radius 3 is 2.83 bits per heavy atom. The van der Waals surface area contributed by atoms with E-state index in [1.807, 2.05) is 31.2 Å². The average Bonchev–Trinajstić information content (AvgIpc) is 3.39. The van der Waals surface area contributed by atoms with Crippen molar-refractivity contribution in [1.82, 2.24) is 35.8 Å². The molecule has 4 rings (SSSR count). The second-order valence-corrected chi connectivity index (χ2v) is 6.46. The van der Waals surface area contributed by atoms with E-state index in [1.165, 1.54) is 23.1 Å². The summed E-state index contributed by atoms with van der Waals surface area (Å²) >= 11 is 0. The van der Waals surface area contributed by atoms with E-state index in [1.54, 1.807) is 18.3 Å². The van der Waals surface area contributed by atoms with E-state index in [-0.39, 0.29) is 12.4 Å². The fourth-order valence-electron chi connectivity index (χ4n) is 2.82. The highest BCUT2D eigenvalue weighted by molar-refractivity contribution is 5.89. The first-order chi connectivity index (χ1) is 14.6. The Kier molecular flexibility index (Phi) is 5.37. The third-order valence-corrected chi connectivity index (χ3v) is 4.32. The van der Waals surface area contributed by atoms with Crippen molar-refractivity contribution in [3.05, 3.63) is 71.7 Å². The van der Waals surface area contributed by atoms with Gasteiger partial charge in [0.15, 0.2) is 0 Å². The number of halogens is 1. The van der Waals surface area contributed by atoms with Gasteiger partial charge in [-0.25, -0.2) is 9.82 Å². The molecule has 0 spiro atoms. The van der Waals surface area contributed by atoms with Gasteiger partial charge in [0.1, 0.15) is 12.4 Å². The minimum Gasteiger partial charge on any atom is -0.277 e. The number of tetrazole rings is 1. The summed E-state index contributed by atoms with van der Waals surface area (Å²) in [5, 5.41) is 22.9. The molecule has 0 unspecified atom stereocenters. The molecule has 4 aromatic rings. The van der Waals surface area contributed by atoms with Crippen LogP contribution in [0.4, 0.5) is 4.39 Å². The number of hydrazone groups is 1. The quantitative estimate of drug-likeness (QED) is 0.378. The van der Waals surface area contributed by atoms with Crippen LogP contribution >= 0.6 is 0 Å². The van der Waals surface area contributed by atoms with Crippen LogP contribution in [-0.2, 0) is 11.3 Å². The molecule has 1 amide bonds. The highest BCUT2D eigenvalue weighted by Crippen LogP contribution is 2.20. The van der Waals surface area contributed by atoms with Crippen molar-refractivity contribution < 1.29 is 9.18 Å². The first-order valence-electron chi connectivity index (χ1n) is 9.05. The summed E-state index contributed by atoms with van der Waals surface area (Å²) in [5.74, 6) is -0.286. The third-order valence-electron chi connectivity index (χ3n) is 4.32. The van der Waals surface area contributed by atoms with Crippen molar-refractivity contribution in [3.63, 3.8) is 0 Å². The monoisotopic (exact) mass is 404 g/mol. The first kappa shape index (κ1) is 19.1. The fourth-order valence-corrected chi connectivity index (χ4v) is 2.82. The van der Waals surface area contributed by atoms with E-state index in [0.29, 0.717) is 17.1 Å². The normalized spacial score (nSPS) is 11.1. The minimum absolute atomic E-state index is 0.133. The molecular weight excluding hydrogens is 387 g/mol. The highest BCUT2D eigenvalue weighted by atomic mass is 19.1. The van der Waals surface area contributed by atoms with Crippen molar-refractivity contribution in [1.29, 1.82) is 0 Å². The Bertz CT molecular complexity index is 1200. The SMILES string of the molecule is Cc1ccccc1-c1nnn(CC(=O)NN=Cc2cn[nH]c2-c2ccc(F)cc2)n1. The van der Waals surface area contributed by atoms with E-state index in [2.05, 4.69) is 36.1 Å². The average molecular weight is 404 g/mol. The summed E-state index contributed by atoms with van der Waals surface area (Å²) in [7, 11) is 0. The molecule has 30 heavy (non-hydrogen) atoms. The molecule has 0 atom stereocenters. The van der Waals surface area contributed by atoms with Crippen LogP contribution in [0.15, 0.2) is 59.8 Å². The number of nitrogens with zero attached hydrogens (tertiary/aromatic N) is 6. The molecule has 0 bridgehead atoms. The topological polar surface area (TPSA) is 114 Å². The number of nitrogens with one attached hydrogen (secondary N) is 2. The number of carbonyl (C=O) groups is 1. The number of hydrogen-bond donors (Lipinski definition) is 2. The second kappa shape index (κ2) is 8.43. The molecular formula is C20H17FN8O. The molecule has 0 radical (unpaired) electrons. The molecule has 9 nitrogen and oxygen atoms in total. The van der Waals surface area contributed by atoms with Gasteiger partial charge in [-0.05, 0) is 42.0 Å². The molecule has 0 fully saturated rings. The van der Waals surface area contributed by atoms with Crippen LogP contribution in [0.25, 0.3) is 22.6 Å². The van der Waals surface area contributed by atoms with Crippen LogP contribution in [-0.4, -0.2) is 42.5 Å². The number of aryl methyl sites for hydroxylation is 1. The smallest absolute Gasteiger partial charge is 0.263 e.